The van der Waals surface area contributed by atoms with Crippen molar-refractivity contribution in [3.05, 3.63) is 0 Å². The Morgan fingerprint density at radius 3 is 2.17 bits per heavy atom. The van der Waals surface area contributed by atoms with E-state index in [4.69, 9.17) is 9.47 Å². The first kappa shape index (κ1) is 17.3. The number of rotatable bonds is 8. The van der Waals surface area contributed by atoms with Crippen molar-refractivity contribution < 1.29 is 14.3 Å². The Kier molecular flexibility index (Phi) is 8.86. The van der Waals surface area contributed by atoms with Gasteiger partial charge in [-0.3, -0.25) is 0 Å². The lowest BCUT2D eigenvalue weighted by molar-refractivity contribution is -0.0303. The molecule has 0 spiro atoms. The van der Waals surface area contributed by atoms with Gasteiger partial charge in [-0.1, -0.05) is 39.5 Å². The van der Waals surface area contributed by atoms with Crippen LogP contribution in [0, 0.1) is 0 Å². The molecule has 0 aromatic carbocycles. The molecule has 0 heterocycles. The minimum absolute atomic E-state index is 0.0155. The average molecular weight is 258 g/mol. The van der Waals surface area contributed by atoms with Crippen LogP contribution in [-0.4, -0.2) is 17.9 Å². The van der Waals surface area contributed by atoms with Crippen molar-refractivity contribution in [1.82, 2.24) is 0 Å². The van der Waals surface area contributed by atoms with Gasteiger partial charge in [0.25, 0.3) is 0 Å². The van der Waals surface area contributed by atoms with Gasteiger partial charge in [-0.25, -0.2) is 4.79 Å². The quantitative estimate of drug-likeness (QED) is 0.450. The second kappa shape index (κ2) is 9.23. The maximum absolute atomic E-state index is 11.6. The molecule has 0 aliphatic rings. The molecule has 0 saturated heterocycles. The summed E-state index contributed by atoms with van der Waals surface area (Å²) >= 11 is 0. The Balaban J connectivity index is 3.98. The summed E-state index contributed by atoms with van der Waals surface area (Å²) in [6.45, 7) is 9.86. The third-order valence-electron chi connectivity index (χ3n) is 2.64. The predicted octanol–water partition coefficient (Wildman–Crippen LogP) is 5.08. The molecule has 0 N–H and O–H groups in total. The Morgan fingerprint density at radius 1 is 1.00 bits per heavy atom. The minimum atomic E-state index is -0.531. The van der Waals surface area contributed by atoms with E-state index in [1.54, 1.807) is 0 Å². The SMILES string of the molecule is CCCCCCC(CCC)OC(=O)OC(C)(C)C. The lowest BCUT2D eigenvalue weighted by Gasteiger charge is -2.22. The van der Waals surface area contributed by atoms with Crippen molar-refractivity contribution in [1.29, 1.82) is 0 Å². The van der Waals surface area contributed by atoms with Gasteiger partial charge in [0.1, 0.15) is 11.7 Å². The topological polar surface area (TPSA) is 35.5 Å². The van der Waals surface area contributed by atoms with Crippen molar-refractivity contribution in [2.75, 3.05) is 0 Å². The normalized spacial score (nSPS) is 13.2. The van der Waals surface area contributed by atoms with Crippen LogP contribution in [0.15, 0.2) is 0 Å². The van der Waals surface area contributed by atoms with Gasteiger partial charge in [0.2, 0.25) is 0 Å². The smallest absolute Gasteiger partial charge is 0.431 e. The lowest BCUT2D eigenvalue weighted by atomic mass is 10.1. The molecule has 0 aromatic rings. The van der Waals surface area contributed by atoms with E-state index in [1.165, 1.54) is 19.3 Å². The predicted molar refractivity (Wildman–Crippen MR) is 74.8 cm³/mol. The highest BCUT2D eigenvalue weighted by molar-refractivity contribution is 5.60. The first-order chi connectivity index (χ1) is 8.39. The van der Waals surface area contributed by atoms with Crippen molar-refractivity contribution in [2.45, 2.75) is 91.3 Å². The van der Waals surface area contributed by atoms with Crippen molar-refractivity contribution in [3.8, 4) is 0 Å². The highest BCUT2D eigenvalue weighted by Gasteiger charge is 2.20. The van der Waals surface area contributed by atoms with Crippen LogP contribution in [-0.2, 0) is 9.47 Å². The third kappa shape index (κ3) is 10.4. The molecule has 18 heavy (non-hydrogen) atoms. The molecule has 3 nitrogen and oxygen atoms in total. The molecule has 0 saturated carbocycles. The summed E-state index contributed by atoms with van der Waals surface area (Å²) in [5.41, 5.74) is -0.476. The standard InChI is InChI=1S/C15H30O3/c1-6-8-9-10-12-13(11-7-2)17-14(16)18-15(3,4)5/h13H,6-12H2,1-5H3. The van der Waals surface area contributed by atoms with E-state index in [1.807, 2.05) is 20.8 Å². The van der Waals surface area contributed by atoms with Gasteiger partial charge >= 0.3 is 6.16 Å². The van der Waals surface area contributed by atoms with Crippen molar-refractivity contribution in [3.63, 3.8) is 0 Å². The Hall–Kier alpha value is -0.730. The van der Waals surface area contributed by atoms with Gasteiger partial charge in [0, 0.05) is 0 Å². The van der Waals surface area contributed by atoms with Gasteiger partial charge in [-0.05, 0) is 40.0 Å². The van der Waals surface area contributed by atoms with Crippen LogP contribution in [0.2, 0.25) is 0 Å². The van der Waals surface area contributed by atoms with Gasteiger partial charge in [0.15, 0.2) is 0 Å². The van der Waals surface area contributed by atoms with Gasteiger partial charge in [0.05, 0.1) is 0 Å². The summed E-state index contributed by atoms with van der Waals surface area (Å²) in [5.74, 6) is 0. The Morgan fingerprint density at radius 2 is 1.67 bits per heavy atom. The molecule has 0 aromatic heterocycles. The molecule has 3 heteroatoms. The number of hydrogen-bond donors (Lipinski definition) is 0. The zero-order chi connectivity index (χ0) is 14.0. The highest BCUT2D eigenvalue weighted by Crippen LogP contribution is 2.16. The first-order valence-electron chi connectivity index (χ1n) is 7.28. The van der Waals surface area contributed by atoms with Crippen LogP contribution in [0.25, 0.3) is 0 Å². The number of carbonyl (C=O) groups excluding carboxylic acids is 1. The van der Waals surface area contributed by atoms with E-state index >= 15 is 0 Å². The average Bonchev–Trinajstić information content (AvgIpc) is 2.21. The molecule has 1 atom stereocenters. The fraction of sp³-hybridized carbons (Fsp3) is 0.933. The van der Waals surface area contributed by atoms with Crippen LogP contribution < -0.4 is 0 Å². The van der Waals surface area contributed by atoms with Crippen molar-refractivity contribution >= 4 is 6.16 Å². The van der Waals surface area contributed by atoms with Crippen LogP contribution in [0.4, 0.5) is 4.79 Å². The molecule has 0 bridgehead atoms. The highest BCUT2D eigenvalue weighted by atomic mass is 16.7. The van der Waals surface area contributed by atoms with Gasteiger partial charge < -0.3 is 9.47 Å². The zero-order valence-corrected chi connectivity index (χ0v) is 12.8. The van der Waals surface area contributed by atoms with E-state index in [0.29, 0.717) is 0 Å². The summed E-state index contributed by atoms with van der Waals surface area (Å²) < 4.78 is 10.6. The minimum Gasteiger partial charge on any atom is -0.431 e. The van der Waals surface area contributed by atoms with Crippen LogP contribution in [0.1, 0.15) is 79.6 Å². The van der Waals surface area contributed by atoms with E-state index in [-0.39, 0.29) is 6.10 Å². The fourth-order valence-electron chi connectivity index (χ4n) is 1.79. The van der Waals surface area contributed by atoms with E-state index in [9.17, 15) is 4.79 Å². The van der Waals surface area contributed by atoms with E-state index < -0.39 is 11.8 Å². The maximum Gasteiger partial charge on any atom is 0.509 e. The maximum atomic E-state index is 11.6. The lowest BCUT2D eigenvalue weighted by Crippen LogP contribution is -2.27. The zero-order valence-electron chi connectivity index (χ0n) is 12.8. The number of carbonyl (C=O) groups is 1. The summed E-state index contributed by atoms with van der Waals surface area (Å²) in [6.07, 6.45) is 7.21. The monoisotopic (exact) mass is 258 g/mol. The summed E-state index contributed by atoms with van der Waals surface area (Å²) in [7, 11) is 0. The second-order valence-electron chi connectivity index (χ2n) is 5.84. The van der Waals surface area contributed by atoms with Crippen molar-refractivity contribution in [2.24, 2.45) is 0 Å². The molecule has 0 fully saturated rings. The molecule has 0 rings (SSSR count). The third-order valence-corrected chi connectivity index (χ3v) is 2.64. The molecule has 0 aliphatic heterocycles. The molecule has 0 radical (unpaired) electrons. The fourth-order valence-corrected chi connectivity index (χ4v) is 1.79. The van der Waals surface area contributed by atoms with Gasteiger partial charge in [-0.2, -0.15) is 0 Å². The second-order valence-corrected chi connectivity index (χ2v) is 5.84. The van der Waals surface area contributed by atoms with Crippen LogP contribution in [0.3, 0.4) is 0 Å². The number of hydrogen-bond acceptors (Lipinski definition) is 3. The summed E-state index contributed by atoms with van der Waals surface area (Å²) in [5, 5.41) is 0. The molecule has 1 unspecified atom stereocenters. The molecular weight excluding hydrogens is 228 g/mol. The first-order valence-corrected chi connectivity index (χ1v) is 7.28. The number of ether oxygens (including phenoxy) is 2. The molecular formula is C15H30O3. The molecule has 0 aliphatic carbocycles. The van der Waals surface area contributed by atoms with Crippen LogP contribution in [0.5, 0.6) is 0 Å². The Bertz CT molecular complexity index is 218. The summed E-state index contributed by atoms with van der Waals surface area (Å²) in [6, 6.07) is 0. The van der Waals surface area contributed by atoms with E-state index in [2.05, 4.69) is 13.8 Å². The van der Waals surface area contributed by atoms with Crippen LogP contribution >= 0.6 is 0 Å². The molecule has 0 amide bonds. The molecule has 108 valence electrons. The van der Waals surface area contributed by atoms with E-state index in [0.717, 1.165) is 25.7 Å². The number of unbranched alkanes of at least 4 members (excludes halogenated alkanes) is 3. The van der Waals surface area contributed by atoms with Gasteiger partial charge in [-0.15, -0.1) is 0 Å². The Labute approximate surface area is 112 Å². The largest absolute Gasteiger partial charge is 0.509 e. The summed E-state index contributed by atoms with van der Waals surface area (Å²) in [4.78, 5) is 11.6.